The summed E-state index contributed by atoms with van der Waals surface area (Å²) in [6.45, 7) is 2.35. The number of nitrogens with zero attached hydrogens (tertiary/aromatic N) is 1. The molecule has 2 heterocycles. The van der Waals surface area contributed by atoms with Gasteiger partial charge < -0.3 is 9.73 Å². The first-order valence-corrected chi connectivity index (χ1v) is 10.6. The number of nitriles is 1. The lowest BCUT2D eigenvalue weighted by atomic mass is 9.89. The van der Waals surface area contributed by atoms with E-state index in [1.165, 1.54) is 4.88 Å². The van der Waals surface area contributed by atoms with E-state index in [0.29, 0.717) is 16.5 Å². The van der Waals surface area contributed by atoms with Crippen LogP contribution in [0.4, 0.5) is 5.00 Å². The quantitative estimate of drug-likeness (QED) is 0.625. The van der Waals surface area contributed by atoms with Gasteiger partial charge in [-0.25, -0.2) is 0 Å². The van der Waals surface area contributed by atoms with Crippen LogP contribution in [0.3, 0.4) is 0 Å². The Morgan fingerprint density at radius 3 is 2.86 bits per heavy atom. The van der Waals surface area contributed by atoms with Crippen molar-refractivity contribution in [1.82, 2.24) is 5.32 Å². The summed E-state index contributed by atoms with van der Waals surface area (Å²) in [7, 11) is 0. The Balaban J connectivity index is 1.47. The van der Waals surface area contributed by atoms with Gasteiger partial charge in [0.1, 0.15) is 16.8 Å². The zero-order valence-electron chi connectivity index (χ0n) is 16.3. The molecule has 0 fully saturated rings. The highest BCUT2D eigenvalue weighted by molar-refractivity contribution is 7.16. The molecule has 6 heteroatoms. The molecule has 0 bridgehead atoms. The molecular weight excluding hydrogens is 382 g/mol. The van der Waals surface area contributed by atoms with Crippen molar-refractivity contribution in [3.8, 4) is 6.07 Å². The molecule has 0 spiro atoms. The number of fused-ring (bicyclic) bond motifs is 1. The third-order valence-electron chi connectivity index (χ3n) is 5.30. The summed E-state index contributed by atoms with van der Waals surface area (Å²) in [6.07, 6.45) is 4.62. The second-order valence-corrected chi connectivity index (χ2v) is 8.56. The molecule has 148 valence electrons. The van der Waals surface area contributed by atoms with Crippen molar-refractivity contribution in [3.63, 3.8) is 0 Å². The van der Waals surface area contributed by atoms with Crippen LogP contribution in [0.1, 0.15) is 46.7 Å². The van der Waals surface area contributed by atoms with Gasteiger partial charge in [0.05, 0.1) is 24.4 Å². The molecule has 1 aliphatic rings. The maximum Gasteiger partial charge on any atom is 0.238 e. The molecule has 1 aromatic carbocycles. The molecule has 2 atom stereocenters. The van der Waals surface area contributed by atoms with Crippen LogP contribution in [0.5, 0.6) is 0 Å². The number of hydrogen-bond acceptors (Lipinski definition) is 5. The number of carbonyl (C=O) groups is 1. The zero-order valence-corrected chi connectivity index (χ0v) is 17.1. The van der Waals surface area contributed by atoms with Gasteiger partial charge in [0.15, 0.2) is 0 Å². The number of thiophene rings is 1. The number of anilines is 1. The molecule has 0 saturated carbocycles. The maximum absolute atomic E-state index is 12.7. The van der Waals surface area contributed by atoms with E-state index in [2.05, 4.69) is 23.6 Å². The van der Waals surface area contributed by atoms with Gasteiger partial charge in [0.25, 0.3) is 0 Å². The van der Waals surface area contributed by atoms with E-state index in [1.807, 2.05) is 42.5 Å². The molecule has 29 heavy (non-hydrogen) atoms. The van der Waals surface area contributed by atoms with E-state index in [1.54, 1.807) is 17.6 Å². The van der Waals surface area contributed by atoms with E-state index in [-0.39, 0.29) is 18.5 Å². The number of amides is 1. The fourth-order valence-corrected chi connectivity index (χ4v) is 5.18. The van der Waals surface area contributed by atoms with Crippen LogP contribution in [0.25, 0.3) is 0 Å². The fraction of sp³-hybridized carbons (Fsp3) is 0.304. The Morgan fingerprint density at radius 1 is 1.31 bits per heavy atom. The van der Waals surface area contributed by atoms with Crippen LogP contribution >= 0.6 is 11.3 Å². The fourth-order valence-electron chi connectivity index (χ4n) is 3.81. The van der Waals surface area contributed by atoms with Gasteiger partial charge in [0, 0.05) is 4.88 Å². The summed E-state index contributed by atoms with van der Waals surface area (Å²) < 4.78 is 5.57. The van der Waals surface area contributed by atoms with Gasteiger partial charge in [-0.05, 0) is 48.4 Å². The SMILES string of the molecule is C[C@H]1CCc2c(sc(NC(=O)CN[C@@H](c3ccccc3)c3ccco3)c2C#N)C1. The molecule has 1 amide bonds. The number of rotatable bonds is 6. The molecular formula is C23H23N3O2S. The molecule has 5 nitrogen and oxygen atoms in total. The molecule has 4 rings (SSSR count). The Hall–Kier alpha value is -2.88. The molecule has 0 radical (unpaired) electrons. The van der Waals surface area contributed by atoms with Crippen LogP contribution in [0, 0.1) is 17.2 Å². The highest BCUT2D eigenvalue weighted by atomic mass is 32.1. The Morgan fingerprint density at radius 2 is 2.14 bits per heavy atom. The first-order valence-electron chi connectivity index (χ1n) is 9.82. The third-order valence-corrected chi connectivity index (χ3v) is 6.47. The molecule has 0 aliphatic heterocycles. The lowest BCUT2D eigenvalue weighted by Crippen LogP contribution is -2.31. The topological polar surface area (TPSA) is 78.1 Å². The standard InChI is InChI=1S/C23H23N3O2S/c1-15-9-10-17-18(13-24)23(29-20(17)12-15)26-21(27)14-25-22(19-8-5-11-28-19)16-6-3-2-4-7-16/h2-8,11,15,22,25H,9-10,12,14H2,1H3,(H,26,27)/t15-,22-/m0/s1. The maximum atomic E-state index is 12.7. The minimum absolute atomic E-state index is 0.115. The Bertz CT molecular complexity index is 1020. The van der Waals surface area contributed by atoms with Crippen LogP contribution in [-0.2, 0) is 17.6 Å². The van der Waals surface area contributed by atoms with Gasteiger partial charge in [-0.3, -0.25) is 10.1 Å². The molecule has 2 aromatic heterocycles. The first-order chi connectivity index (χ1) is 14.2. The van der Waals surface area contributed by atoms with Crippen molar-refractivity contribution < 1.29 is 9.21 Å². The molecule has 1 aliphatic carbocycles. The predicted octanol–water partition coefficient (Wildman–Crippen LogP) is 4.66. The largest absolute Gasteiger partial charge is 0.467 e. The smallest absolute Gasteiger partial charge is 0.238 e. The van der Waals surface area contributed by atoms with Crippen LogP contribution in [0.2, 0.25) is 0 Å². The molecule has 0 unspecified atom stereocenters. The second-order valence-electron chi connectivity index (χ2n) is 7.46. The van der Waals surface area contributed by atoms with Crippen LogP contribution < -0.4 is 10.6 Å². The molecule has 3 aromatic rings. The Kier molecular flexibility index (Phi) is 5.79. The summed E-state index contributed by atoms with van der Waals surface area (Å²) in [5.41, 5.74) is 2.78. The summed E-state index contributed by atoms with van der Waals surface area (Å²) in [6, 6.07) is 15.7. The molecule has 0 saturated heterocycles. The van der Waals surface area contributed by atoms with Gasteiger partial charge in [0.2, 0.25) is 5.91 Å². The van der Waals surface area contributed by atoms with E-state index in [9.17, 15) is 10.1 Å². The van der Waals surface area contributed by atoms with Gasteiger partial charge in [-0.15, -0.1) is 11.3 Å². The number of hydrogen-bond donors (Lipinski definition) is 2. The number of furan rings is 1. The average molecular weight is 406 g/mol. The van der Waals surface area contributed by atoms with Crippen molar-refractivity contribution in [3.05, 3.63) is 76.1 Å². The van der Waals surface area contributed by atoms with Crippen LogP contribution in [0.15, 0.2) is 53.1 Å². The lowest BCUT2D eigenvalue weighted by Gasteiger charge is -2.17. The van der Waals surface area contributed by atoms with Gasteiger partial charge in [-0.1, -0.05) is 37.3 Å². The normalized spacial score (nSPS) is 16.6. The second kappa shape index (κ2) is 8.64. The Labute approximate surface area is 174 Å². The van der Waals surface area contributed by atoms with Crippen molar-refractivity contribution in [2.75, 3.05) is 11.9 Å². The highest BCUT2D eigenvalue weighted by Gasteiger charge is 2.25. The first kappa shape index (κ1) is 19.4. The summed E-state index contributed by atoms with van der Waals surface area (Å²) in [5, 5.41) is 16.5. The molecule has 2 N–H and O–H groups in total. The number of carbonyl (C=O) groups excluding carboxylic acids is 1. The summed E-state index contributed by atoms with van der Waals surface area (Å²) in [4.78, 5) is 13.9. The minimum atomic E-state index is -0.218. The van der Waals surface area contributed by atoms with Crippen LogP contribution in [-0.4, -0.2) is 12.5 Å². The van der Waals surface area contributed by atoms with Crippen molar-refractivity contribution >= 4 is 22.2 Å². The van der Waals surface area contributed by atoms with E-state index in [4.69, 9.17) is 4.42 Å². The lowest BCUT2D eigenvalue weighted by molar-refractivity contribution is -0.115. The third kappa shape index (κ3) is 4.26. The van der Waals surface area contributed by atoms with E-state index in [0.717, 1.165) is 36.1 Å². The average Bonchev–Trinajstić information content (AvgIpc) is 3.36. The zero-order chi connectivity index (χ0) is 20.2. The highest BCUT2D eigenvalue weighted by Crippen LogP contribution is 2.39. The van der Waals surface area contributed by atoms with E-state index >= 15 is 0 Å². The number of benzene rings is 1. The van der Waals surface area contributed by atoms with E-state index < -0.39 is 0 Å². The number of nitrogens with one attached hydrogen (secondary N) is 2. The van der Waals surface area contributed by atoms with Crippen molar-refractivity contribution in [2.24, 2.45) is 5.92 Å². The summed E-state index contributed by atoms with van der Waals surface area (Å²) in [5.74, 6) is 1.21. The van der Waals surface area contributed by atoms with Gasteiger partial charge in [-0.2, -0.15) is 5.26 Å². The van der Waals surface area contributed by atoms with Gasteiger partial charge >= 0.3 is 0 Å². The predicted molar refractivity (Wildman–Crippen MR) is 114 cm³/mol. The monoisotopic (exact) mass is 405 g/mol. The van der Waals surface area contributed by atoms with Crippen molar-refractivity contribution in [1.29, 1.82) is 5.26 Å². The van der Waals surface area contributed by atoms with Crippen molar-refractivity contribution in [2.45, 2.75) is 32.2 Å². The summed E-state index contributed by atoms with van der Waals surface area (Å²) >= 11 is 1.55. The minimum Gasteiger partial charge on any atom is -0.467 e.